The van der Waals surface area contributed by atoms with E-state index in [1.807, 2.05) is 45.9 Å². The molecule has 0 bridgehead atoms. The summed E-state index contributed by atoms with van der Waals surface area (Å²) in [5.41, 5.74) is 6.20. The van der Waals surface area contributed by atoms with Crippen molar-refractivity contribution in [2.75, 3.05) is 11.8 Å². The molecule has 7 heteroatoms. The minimum Gasteiger partial charge on any atom is -0.496 e. The number of ether oxygens (including phenoxy) is 1. The maximum absolute atomic E-state index is 13.3. The van der Waals surface area contributed by atoms with Crippen molar-refractivity contribution in [2.24, 2.45) is 0 Å². The summed E-state index contributed by atoms with van der Waals surface area (Å²) in [5, 5.41) is 3.03. The molecule has 0 aromatic heterocycles. The second kappa shape index (κ2) is 10.7. The van der Waals surface area contributed by atoms with E-state index in [2.05, 4.69) is 30.0 Å². The fraction of sp³-hybridized carbons (Fsp3) is 0.345. The molecular formula is C29H36N2O4S. The molecule has 2 N–H and O–H groups in total. The molecule has 6 nitrogen and oxygen atoms in total. The van der Waals surface area contributed by atoms with E-state index in [0.29, 0.717) is 11.3 Å². The topological polar surface area (TPSA) is 84.5 Å². The highest BCUT2D eigenvalue weighted by Gasteiger charge is 2.22. The van der Waals surface area contributed by atoms with Crippen LogP contribution in [0.15, 0.2) is 53.4 Å². The predicted octanol–water partition coefficient (Wildman–Crippen LogP) is 6.34. The Balaban J connectivity index is 1.89. The molecule has 3 aromatic rings. The summed E-state index contributed by atoms with van der Waals surface area (Å²) in [6, 6.07) is 14.1. The van der Waals surface area contributed by atoms with Crippen molar-refractivity contribution in [3.05, 3.63) is 87.5 Å². The monoisotopic (exact) mass is 508 g/mol. The molecule has 0 aliphatic heterocycles. The summed E-state index contributed by atoms with van der Waals surface area (Å²) in [5.74, 6) is 0.748. The molecule has 0 heterocycles. The molecule has 3 rings (SSSR count). The summed E-state index contributed by atoms with van der Waals surface area (Å²) < 4.78 is 34.7. The molecule has 0 spiro atoms. The Morgan fingerprint density at radius 3 is 2.14 bits per heavy atom. The molecule has 1 atom stereocenters. The van der Waals surface area contributed by atoms with Crippen LogP contribution < -0.4 is 14.8 Å². The maximum atomic E-state index is 13.3. The summed E-state index contributed by atoms with van der Waals surface area (Å²) in [7, 11) is -2.24. The van der Waals surface area contributed by atoms with Gasteiger partial charge in [0.15, 0.2) is 0 Å². The van der Waals surface area contributed by atoms with Crippen molar-refractivity contribution >= 4 is 21.6 Å². The molecule has 1 amide bonds. The van der Waals surface area contributed by atoms with Crippen molar-refractivity contribution in [3.63, 3.8) is 0 Å². The first kappa shape index (κ1) is 27.3. The molecule has 0 fully saturated rings. The van der Waals surface area contributed by atoms with E-state index < -0.39 is 10.0 Å². The van der Waals surface area contributed by atoms with Crippen molar-refractivity contribution in [1.82, 2.24) is 5.32 Å². The summed E-state index contributed by atoms with van der Waals surface area (Å²) in [6.45, 7) is 13.6. The van der Waals surface area contributed by atoms with E-state index in [0.717, 1.165) is 33.6 Å². The lowest BCUT2D eigenvalue weighted by molar-refractivity contribution is 0.0939. The van der Waals surface area contributed by atoms with Gasteiger partial charge in [-0.2, -0.15) is 0 Å². The van der Waals surface area contributed by atoms with Gasteiger partial charge in [-0.3, -0.25) is 9.52 Å². The van der Waals surface area contributed by atoms with Crippen LogP contribution in [-0.4, -0.2) is 21.4 Å². The number of methoxy groups -OCH3 is 1. The zero-order valence-electron chi connectivity index (χ0n) is 22.3. The average molecular weight is 509 g/mol. The minimum atomic E-state index is -3.89. The first-order chi connectivity index (χ1) is 16.8. The van der Waals surface area contributed by atoms with E-state index in [-0.39, 0.29) is 28.3 Å². The van der Waals surface area contributed by atoms with E-state index in [4.69, 9.17) is 4.74 Å². The number of rotatable bonds is 8. The van der Waals surface area contributed by atoms with Gasteiger partial charge >= 0.3 is 0 Å². The van der Waals surface area contributed by atoms with Crippen LogP contribution in [0.1, 0.15) is 76.5 Å². The van der Waals surface area contributed by atoms with Gasteiger partial charge in [0, 0.05) is 5.56 Å². The Hall–Kier alpha value is -3.32. The second-order valence-electron chi connectivity index (χ2n) is 9.70. The van der Waals surface area contributed by atoms with Crippen LogP contribution in [0.5, 0.6) is 5.75 Å². The third-order valence-electron chi connectivity index (χ3n) is 6.43. The summed E-state index contributed by atoms with van der Waals surface area (Å²) in [4.78, 5) is 13.3. The number of nitrogens with one attached hydrogen (secondary N) is 2. The normalized spacial score (nSPS) is 12.4. The van der Waals surface area contributed by atoms with Crippen molar-refractivity contribution in [1.29, 1.82) is 0 Å². The van der Waals surface area contributed by atoms with Crippen LogP contribution in [0.2, 0.25) is 0 Å². The highest BCUT2D eigenvalue weighted by atomic mass is 32.2. The van der Waals surface area contributed by atoms with Gasteiger partial charge in [-0.05, 0) is 104 Å². The SMILES string of the molecule is COc1cc(C)c(C(C)NC(=O)c2ccc(C)c(S(=O)(=O)Nc3cc(C)ccc3C)c2)cc1C(C)C. The van der Waals surface area contributed by atoms with Crippen LogP contribution in [0.4, 0.5) is 5.69 Å². The van der Waals surface area contributed by atoms with Crippen LogP contribution in [0.3, 0.4) is 0 Å². The smallest absolute Gasteiger partial charge is 0.262 e. The molecule has 0 aliphatic carbocycles. The van der Waals surface area contributed by atoms with Gasteiger partial charge in [-0.1, -0.05) is 32.0 Å². The van der Waals surface area contributed by atoms with Crippen molar-refractivity contribution in [2.45, 2.75) is 65.3 Å². The lowest BCUT2D eigenvalue weighted by Crippen LogP contribution is -2.27. The Bertz CT molecular complexity index is 1390. The standard InChI is InChI=1S/C29H36N2O4S/c1-17(2)24-16-25(21(6)14-27(24)35-8)22(7)30-29(32)23-12-11-20(5)28(15-23)36(33,34)31-26-13-18(3)9-10-19(26)4/h9-17,22,31H,1-8H3,(H,30,32). The minimum absolute atomic E-state index is 0.0754. The Labute approximate surface area is 215 Å². The molecule has 36 heavy (non-hydrogen) atoms. The van der Waals surface area contributed by atoms with Crippen molar-refractivity contribution < 1.29 is 17.9 Å². The van der Waals surface area contributed by atoms with Gasteiger partial charge in [-0.15, -0.1) is 0 Å². The number of amides is 1. The lowest BCUT2D eigenvalue weighted by atomic mass is 9.93. The molecule has 0 saturated heterocycles. The summed E-state index contributed by atoms with van der Waals surface area (Å²) in [6.07, 6.45) is 0. The summed E-state index contributed by atoms with van der Waals surface area (Å²) >= 11 is 0. The molecule has 3 aromatic carbocycles. The fourth-order valence-electron chi connectivity index (χ4n) is 4.24. The fourth-order valence-corrected chi connectivity index (χ4v) is 5.64. The predicted molar refractivity (Wildman–Crippen MR) is 146 cm³/mol. The van der Waals surface area contributed by atoms with Gasteiger partial charge in [0.25, 0.3) is 15.9 Å². The number of anilines is 1. The van der Waals surface area contributed by atoms with Gasteiger partial charge in [0.2, 0.25) is 0 Å². The Kier molecular flexibility index (Phi) is 8.14. The zero-order valence-corrected chi connectivity index (χ0v) is 23.1. The van der Waals surface area contributed by atoms with Gasteiger partial charge in [-0.25, -0.2) is 8.42 Å². The first-order valence-corrected chi connectivity index (χ1v) is 13.5. The highest BCUT2D eigenvalue weighted by Crippen LogP contribution is 2.32. The first-order valence-electron chi connectivity index (χ1n) is 12.0. The highest BCUT2D eigenvalue weighted by molar-refractivity contribution is 7.92. The number of carbonyl (C=O) groups excluding carboxylic acids is 1. The molecule has 0 saturated carbocycles. The quantitative estimate of drug-likeness (QED) is 0.372. The third kappa shape index (κ3) is 5.90. The van der Waals surface area contributed by atoms with E-state index in [1.165, 1.54) is 6.07 Å². The van der Waals surface area contributed by atoms with Crippen LogP contribution in [-0.2, 0) is 10.0 Å². The van der Waals surface area contributed by atoms with Crippen LogP contribution in [0, 0.1) is 27.7 Å². The van der Waals surface area contributed by atoms with Gasteiger partial charge in [0.05, 0.1) is 23.7 Å². The second-order valence-corrected chi connectivity index (χ2v) is 11.4. The number of sulfonamides is 1. The van der Waals surface area contributed by atoms with Crippen LogP contribution >= 0.6 is 0 Å². The lowest BCUT2D eigenvalue weighted by Gasteiger charge is -2.21. The number of hydrogen-bond donors (Lipinski definition) is 2. The number of benzene rings is 3. The van der Waals surface area contributed by atoms with Gasteiger partial charge < -0.3 is 10.1 Å². The van der Waals surface area contributed by atoms with E-state index in [9.17, 15) is 13.2 Å². The number of carbonyl (C=O) groups is 1. The average Bonchev–Trinajstić information content (AvgIpc) is 2.80. The van der Waals surface area contributed by atoms with E-state index >= 15 is 0 Å². The Morgan fingerprint density at radius 1 is 0.833 bits per heavy atom. The molecule has 0 aliphatic rings. The van der Waals surface area contributed by atoms with Crippen molar-refractivity contribution in [3.8, 4) is 5.75 Å². The number of aryl methyl sites for hydroxylation is 4. The zero-order chi connectivity index (χ0) is 26.8. The molecule has 0 radical (unpaired) electrons. The maximum Gasteiger partial charge on any atom is 0.262 e. The third-order valence-corrected chi connectivity index (χ3v) is 7.94. The molecular weight excluding hydrogens is 472 g/mol. The largest absolute Gasteiger partial charge is 0.496 e. The van der Waals surface area contributed by atoms with E-state index in [1.54, 1.807) is 32.2 Å². The van der Waals surface area contributed by atoms with Gasteiger partial charge in [0.1, 0.15) is 5.75 Å². The van der Waals surface area contributed by atoms with Crippen LogP contribution in [0.25, 0.3) is 0 Å². The molecule has 1 unspecified atom stereocenters. The molecule has 192 valence electrons. The Morgan fingerprint density at radius 2 is 1.50 bits per heavy atom. The number of hydrogen-bond acceptors (Lipinski definition) is 4.